The fourth-order valence-electron chi connectivity index (χ4n) is 2.10. The maximum Gasteiger partial charge on any atom is 0.244 e. The summed E-state index contributed by atoms with van der Waals surface area (Å²) in [5.41, 5.74) is 5.89. The van der Waals surface area contributed by atoms with Crippen molar-refractivity contribution < 1.29 is 13.2 Å². The van der Waals surface area contributed by atoms with Gasteiger partial charge >= 0.3 is 0 Å². The number of nitrogens with zero attached hydrogens (tertiary/aromatic N) is 1. The van der Waals surface area contributed by atoms with Crippen LogP contribution in [0.3, 0.4) is 0 Å². The van der Waals surface area contributed by atoms with Crippen LogP contribution in [0.1, 0.15) is 12.8 Å². The molecule has 1 heterocycles. The summed E-state index contributed by atoms with van der Waals surface area (Å²) in [5.74, 6) is 0. The molecule has 1 atom stereocenters. The highest BCUT2D eigenvalue weighted by Crippen LogP contribution is 2.25. The SMILES string of the molecule is CN(CC1CCCO1)S(=O)(=O)c1ccc(Cl)cc1N. The fraction of sp³-hybridized carbons (Fsp3) is 0.500. The zero-order valence-corrected chi connectivity index (χ0v) is 12.2. The molecule has 1 unspecified atom stereocenters. The van der Waals surface area contributed by atoms with Crippen molar-refractivity contribution in [2.75, 3.05) is 25.9 Å². The third kappa shape index (κ3) is 3.20. The van der Waals surface area contributed by atoms with Crippen LogP contribution in [-0.2, 0) is 14.8 Å². The molecule has 2 rings (SSSR count). The van der Waals surface area contributed by atoms with Gasteiger partial charge in [-0.15, -0.1) is 0 Å². The topological polar surface area (TPSA) is 72.6 Å². The Bertz CT molecular complexity index is 556. The van der Waals surface area contributed by atoms with Crippen molar-refractivity contribution in [3.05, 3.63) is 23.2 Å². The monoisotopic (exact) mass is 304 g/mol. The molecule has 0 saturated carbocycles. The van der Waals surface area contributed by atoms with Crippen molar-refractivity contribution in [3.8, 4) is 0 Å². The molecule has 106 valence electrons. The van der Waals surface area contributed by atoms with E-state index in [0.29, 0.717) is 18.2 Å². The van der Waals surface area contributed by atoms with Crippen LogP contribution in [0.2, 0.25) is 5.02 Å². The van der Waals surface area contributed by atoms with Crippen molar-refractivity contribution in [1.82, 2.24) is 4.31 Å². The van der Waals surface area contributed by atoms with E-state index in [0.717, 1.165) is 12.8 Å². The van der Waals surface area contributed by atoms with E-state index >= 15 is 0 Å². The van der Waals surface area contributed by atoms with Gasteiger partial charge in [0, 0.05) is 25.2 Å². The van der Waals surface area contributed by atoms with E-state index in [1.807, 2.05) is 0 Å². The normalized spacial score (nSPS) is 20.1. The second-order valence-corrected chi connectivity index (χ2v) is 7.05. The second-order valence-electron chi connectivity index (χ2n) is 4.60. The average Bonchev–Trinajstić information content (AvgIpc) is 2.81. The minimum absolute atomic E-state index is 0.0340. The summed E-state index contributed by atoms with van der Waals surface area (Å²) in [4.78, 5) is 0.0809. The predicted molar refractivity (Wildman–Crippen MR) is 74.7 cm³/mol. The van der Waals surface area contributed by atoms with Gasteiger partial charge in [-0.2, -0.15) is 4.31 Å². The van der Waals surface area contributed by atoms with E-state index in [1.165, 1.54) is 29.6 Å². The van der Waals surface area contributed by atoms with Crippen molar-refractivity contribution in [2.24, 2.45) is 0 Å². The molecule has 0 spiro atoms. The third-order valence-corrected chi connectivity index (χ3v) is 5.28. The molecular weight excluding hydrogens is 288 g/mol. The van der Waals surface area contributed by atoms with Gasteiger partial charge < -0.3 is 10.5 Å². The number of halogens is 1. The number of sulfonamides is 1. The number of nitrogen functional groups attached to an aromatic ring is 1. The minimum Gasteiger partial charge on any atom is -0.398 e. The number of hydrogen-bond donors (Lipinski definition) is 1. The minimum atomic E-state index is -3.60. The standard InChI is InChI=1S/C12H17ClN2O3S/c1-15(8-10-3-2-6-18-10)19(16,17)12-5-4-9(13)7-11(12)14/h4-5,7,10H,2-3,6,8,14H2,1H3. The Morgan fingerprint density at radius 3 is 2.84 bits per heavy atom. The molecule has 5 nitrogen and oxygen atoms in total. The number of hydrogen-bond acceptors (Lipinski definition) is 4. The van der Waals surface area contributed by atoms with Crippen LogP contribution in [0, 0.1) is 0 Å². The van der Waals surface area contributed by atoms with Gasteiger partial charge in [-0.3, -0.25) is 0 Å². The van der Waals surface area contributed by atoms with Gasteiger partial charge in [0.2, 0.25) is 10.0 Å². The van der Waals surface area contributed by atoms with Gasteiger partial charge in [0.05, 0.1) is 11.8 Å². The Morgan fingerprint density at radius 2 is 2.26 bits per heavy atom. The lowest BCUT2D eigenvalue weighted by Gasteiger charge is -2.21. The Hall–Kier alpha value is -0.820. The summed E-state index contributed by atoms with van der Waals surface area (Å²) in [5, 5.41) is 0.415. The van der Waals surface area contributed by atoms with Gasteiger partial charge in [0.15, 0.2) is 0 Å². The Balaban J connectivity index is 2.20. The Morgan fingerprint density at radius 1 is 1.53 bits per heavy atom. The molecule has 2 N–H and O–H groups in total. The smallest absolute Gasteiger partial charge is 0.244 e. The van der Waals surface area contributed by atoms with E-state index < -0.39 is 10.0 Å². The first-order chi connectivity index (χ1) is 8.91. The molecular formula is C12H17ClN2O3S. The number of ether oxygens (including phenoxy) is 1. The van der Waals surface area contributed by atoms with Gasteiger partial charge in [-0.05, 0) is 31.0 Å². The molecule has 1 fully saturated rings. The fourth-order valence-corrected chi connectivity index (χ4v) is 3.57. The molecule has 1 aliphatic heterocycles. The zero-order chi connectivity index (χ0) is 14.0. The van der Waals surface area contributed by atoms with Crippen molar-refractivity contribution in [1.29, 1.82) is 0 Å². The third-order valence-electron chi connectivity index (χ3n) is 3.14. The number of likely N-dealkylation sites (N-methyl/N-ethyl adjacent to an activating group) is 1. The highest BCUT2D eigenvalue weighted by atomic mass is 35.5. The largest absolute Gasteiger partial charge is 0.398 e. The Kier molecular flexibility index (Phi) is 4.35. The van der Waals surface area contributed by atoms with Gasteiger partial charge in [0.1, 0.15) is 4.90 Å². The summed E-state index contributed by atoms with van der Waals surface area (Å²) in [6, 6.07) is 4.39. The quantitative estimate of drug-likeness (QED) is 0.860. The van der Waals surface area contributed by atoms with Crippen LogP contribution in [-0.4, -0.2) is 39.0 Å². The highest BCUT2D eigenvalue weighted by molar-refractivity contribution is 7.89. The number of anilines is 1. The van der Waals surface area contributed by atoms with E-state index in [1.54, 1.807) is 0 Å². The van der Waals surface area contributed by atoms with Crippen LogP contribution >= 0.6 is 11.6 Å². The molecule has 1 aliphatic rings. The van der Waals surface area contributed by atoms with Crippen LogP contribution in [0.4, 0.5) is 5.69 Å². The lowest BCUT2D eigenvalue weighted by Crippen LogP contribution is -2.34. The number of nitrogens with two attached hydrogens (primary N) is 1. The van der Waals surface area contributed by atoms with E-state index in [-0.39, 0.29) is 16.7 Å². The molecule has 1 saturated heterocycles. The molecule has 0 bridgehead atoms. The average molecular weight is 305 g/mol. The first-order valence-electron chi connectivity index (χ1n) is 6.04. The highest BCUT2D eigenvalue weighted by Gasteiger charge is 2.27. The van der Waals surface area contributed by atoms with E-state index in [2.05, 4.69) is 0 Å². The second kappa shape index (κ2) is 5.66. The van der Waals surface area contributed by atoms with Crippen LogP contribution in [0.5, 0.6) is 0 Å². The van der Waals surface area contributed by atoms with Crippen LogP contribution in [0.15, 0.2) is 23.1 Å². The lowest BCUT2D eigenvalue weighted by atomic mass is 10.2. The maximum atomic E-state index is 12.4. The van der Waals surface area contributed by atoms with Crippen LogP contribution in [0.25, 0.3) is 0 Å². The summed E-state index contributed by atoms with van der Waals surface area (Å²) in [6.45, 7) is 1.03. The molecule has 7 heteroatoms. The summed E-state index contributed by atoms with van der Waals surface area (Å²) in [7, 11) is -2.07. The number of rotatable bonds is 4. The molecule has 1 aromatic rings. The van der Waals surface area contributed by atoms with E-state index in [4.69, 9.17) is 22.1 Å². The van der Waals surface area contributed by atoms with Crippen molar-refractivity contribution in [3.63, 3.8) is 0 Å². The zero-order valence-electron chi connectivity index (χ0n) is 10.7. The summed E-state index contributed by atoms with van der Waals surface area (Å²) < 4.78 is 31.5. The first kappa shape index (κ1) is 14.6. The predicted octanol–water partition coefficient (Wildman–Crippen LogP) is 1.72. The van der Waals surface area contributed by atoms with Crippen molar-refractivity contribution >= 4 is 27.3 Å². The van der Waals surface area contributed by atoms with E-state index in [9.17, 15) is 8.42 Å². The molecule has 0 aliphatic carbocycles. The maximum absolute atomic E-state index is 12.4. The van der Waals surface area contributed by atoms with Crippen LogP contribution < -0.4 is 5.73 Å². The number of benzene rings is 1. The Labute approximate surface area is 118 Å². The van der Waals surface area contributed by atoms with Gasteiger partial charge in [-0.1, -0.05) is 11.6 Å². The summed E-state index contributed by atoms with van der Waals surface area (Å²) in [6.07, 6.45) is 1.82. The first-order valence-corrected chi connectivity index (χ1v) is 7.86. The molecule has 0 radical (unpaired) electrons. The van der Waals surface area contributed by atoms with Crippen molar-refractivity contribution in [2.45, 2.75) is 23.8 Å². The lowest BCUT2D eigenvalue weighted by molar-refractivity contribution is 0.0979. The van der Waals surface area contributed by atoms with Gasteiger partial charge in [-0.25, -0.2) is 8.42 Å². The molecule has 0 aromatic heterocycles. The van der Waals surface area contributed by atoms with Gasteiger partial charge in [0.25, 0.3) is 0 Å². The molecule has 0 amide bonds. The molecule has 1 aromatic carbocycles. The molecule has 19 heavy (non-hydrogen) atoms. The summed E-state index contributed by atoms with van der Waals surface area (Å²) >= 11 is 5.78.